The smallest absolute Gasteiger partial charge is 0.409 e. The third-order valence-corrected chi connectivity index (χ3v) is 8.22. The molecule has 180 valence electrons. The van der Waals surface area contributed by atoms with Crippen molar-refractivity contribution in [3.05, 3.63) is 63.0 Å². The van der Waals surface area contributed by atoms with Crippen molar-refractivity contribution < 1.29 is 19.1 Å². The topological polar surface area (TPSA) is 80.8 Å². The maximum absolute atomic E-state index is 12.9. The van der Waals surface area contributed by atoms with Gasteiger partial charge in [0.05, 0.1) is 28.9 Å². The lowest BCUT2D eigenvalue weighted by Crippen LogP contribution is -2.35. The highest BCUT2D eigenvalue weighted by atomic mass is 35.5. The summed E-state index contributed by atoms with van der Waals surface area (Å²) in [4.78, 5) is 32.4. The predicted octanol–water partition coefficient (Wildman–Crippen LogP) is 6.47. The molecule has 1 aliphatic rings. The van der Waals surface area contributed by atoms with Gasteiger partial charge in [-0.25, -0.2) is 9.78 Å². The highest BCUT2D eigenvalue weighted by molar-refractivity contribution is 7.23. The Hall–Kier alpha value is -2.85. The number of rotatable bonds is 5. The monoisotopic (exact) mass is 547 g/mol. The van der Waals surface area contributed by atoms with Gasteiger partial charge in [-0.05, 0) is 42.3 Å². The maximum atomic E-state index is 12.9. The number of fused-ring (bicyclic) bond motifs is 2. The van der Waals surface area contributed by atoms with Crippen LogP contribution in [0.3, 0.4) is 0 Å². The van der Waals surface area contributed by atoms with Gasteiger partial charge in [-0.1, -0.05) is 35.3 Å². The van der Waals surface area contributed by atoms with Crippen LogP contribution in [0.5, 0.6) is 5.75 Å². The van der Waals surface area contributed by atoms with Gasteiger partial charge in [0.1, 0.15) is 15.8 Å². The van der Waals surface area contributed by atoms with Gasteiger partial charge in [0.25, 0.3) is 5.91 Å². The van der Waals surface area contributed by atoms with Crippen LogP contribution < -0.4 is 10.1 Å². The number of anilines is 1. The molecule has 0 saturated carbocycles. The second-order valence-corrected chi connectivity index (χ2v) is 10.7. The van der Waals surface area contributed by atoms with E-state index in [-0.39, 0.29) is 18.6 Å². The van der Waals surface area contributed by atoms with E-state index in [1.54, 1.807) is 34.4 Å². The minimum Gasteiger partial charge on any atom is -0.482 e. The molecular formula is C24H19Cl2N3O4S2. The normalized spacial score (nSPS) is 12.9. The number of ether oxygens (including phenoxy) is 2. The van der Waals surface area contributed by atoms with Crippen LogP contribution in [0.2, 0.25) is 10.0 Å². The molecule has 1 aliphatic heterocycles. The molecule has 2 aromatic carbocycles. The van der Waals surface area contributed by atoms with Crippen molar-refractivity contribution in [3.63, 3.8) is 0 Å². The Kier molecular flexibility index (Phi) is 6.84. The number of benzene rings is 2. The molecule has 1 N–H and O–H groups in total. The van der Waals surface area contributed by atoms with Crippen molar-refractivity contribution in [1.82, 2.24) is 9.88 Å². The Labute approximate surface area is 219 Å². The second kappa shape index (κ2) is 10.0. The second-order valence-electron chi connectivity index (χ2n) is 7.75. The van der Waals surface area contributed by atoms with Crippen molar-refractivity contribution >= 4 is 73.1 Å². The van der Waals surface area contributed by atoms with Gasteiger partial charge in [-0.3, -0.25) is 4.79 Å². The lowest BCUT2D eigenvalue weighted by molar-refractivity contribution is -0.118. The fraction of sp³-hybridized carbons (Fsp3) is 0.208. The number of thiazole rings is 1. The Bertz CT molecular complexity index is 1400. The minimum atomic E-state index is -0.371. The number of nitrogens with zero attached hydrogens (tertiary/aromatic N) is 2. The van der Waals surface area contributed by atoms with Crippen LogP contribution >= 0.6 is 45.9 Å². The molecule has 3 heterocycles. The number of hydrogen-bond donors (Lipinski definition) is 1. The minimum absolute atomic E-state index is 0.225. The number of aromatic nitrogens is 1. The van der Waals surface area contributed by atoms with Crippen LogP contribution in [0.4, 0.5) is 9.80 Å². The van der Waals surface area contributed by atoms with Gasteiger partial charge in [0, 0.05) is 22.0 Å². The van der Waals surface area contributed by atoms with E-state index in [4.69, 9.17) is 37.7 Å². The molecule has 0 aliphatic carbocycles. The molecule has 11 heteroatoms. The summed E-state index contributed by atoms with van der Waals surface area (Å²) in [5.41, 5.74) is 2.89. The predicted molar refractivity (Wildman–Crippen MR) is 140 cm³/mol. The molecule has 4 aromatic rings. The molecule has 0 spiro atoms. The number of hydrogen-bond acceptors (Lipinski definition) is 7. The van der Waals surface area contributed by atoms with Gasteiger partial charge in [0.2, 0.25) is 0 Å². The molecule has 0 unspecified atom stereocenters. The van der Waals surface area contributed by atoms with Crippen molar-refractivity contribution in [2.75, 3.05) is 25.6 Å². The van der Waals surface area contributed by atoms with Crippen LogP contribution in [0, 0.1) is 0 Å². The van der Waals surface area contributed by atoms with E-state index in [0.29, 0.717) is 40.3 Å². The third-order valence-electron chi connectivity index (χ3n) is 5.50. The van der Waals surface area contributed by atoms with E-state index in [9.17, 15) is 9.59 Å². The zero-order valence-corrected chi connectivity index (χ0v) is 21.6. The number of halogens is 2. The molecule has 2 amide bonds. The Morgan fingerprint density at radius 2 is 2.00 bits per heavy atom. The van der Waals surface area contributed by atoms with Crippen molar-refractivity contribution in [2.45, 2.75) is 13.0 Å². The van der Waals surface area contributed by atoms with Crippen LogP contribution in [0.1, 0.15) is 10.4 Å². The molecule has 7 nitrogen and oxygen atoms in total. The first-order valence-electron chi connectivity index (χ1n) is 10.6. The zero-order chi connectivity index (χ0) is 24.5. The van der Waals surface area contributed by atoms with Crippen molar-refractivity contribution in [1.29, 1.82) is 0 Å². The number of para-hydroxylation sites is 1. The fourth-order valence-electron chi connectivity index (χ4n) is 3.88. The molecule has 0 atom stereocenters. The summed E-state index contributed by atoms with van der Waals surface area (Å²) >= 11 is 15.1. The average Bonchev–Trinajstić information content (AvgIpc) is 3.42. The number of nitrogens with one attached hydrogen (secondary N) is 1. The first-order chi connectivity index (χ1) is 16.9. The van der Waals surface area contributed by atoms with Crippen LogP contribution in [-0.4, -0.2) is 42.1 Å². The SMILES string of the molecule is COC(=O)N1CCc2c(sc(NC(=O)COc3ccc(Cl)cc3Cl)c2-c2nc3ccccc3s2)C1. The zero-order valence-electron chi connectivity index (χ0n) is 18.5. The third kappa shape index (κ3) is 4.95. The Balaban J connectivity index is 1.44. The van der Waals surface area contributed by atoms with Gasteiger partial charge in [-0.15, -0.1) is 22.7 Å². The van der Waals surface area contributed by atoms with E-state index in [0.717, 1.165) is 31.2 Å². The molecule has 35 heavy (non-hydrogen) atoms. The van der Waals surface area contributed by atoms with E-state index in [1.807, 2.05) is 24.3 Å². The largest absolute Gasteiger partial charge is 0.482 e. The quantitative estimate of drug-likeness (QED) is 0.309. The summed E-state index contributed by atoms with van der Waals surface area (Å²) in [6, 6.07) is 12.7. The lowest BCUT2D eigenvalue weighted by atomic mass is 10.0. The van der Waals surface area contributed by atoms with Crippen LogP contribution in [0.25, 0.3) is 20.8 Å². The summed E-state index contributed by atoms with van der Waals surface area (Å²) in [5.74, 6) is 0.0404. The van der Waals surface area contributed by atoms with Crippen molar-refractivity contribution in [3.8, 4) is 16.3 Å². The van der Waals surface area contributed by atoms with Gasteiger partial charge >= 0.3 is 6.09 Å². The summed E-state index contributed by atoms with van der Waals surface area (Å²) in [6.07, 6.45) is 0.267. The van der Waals surface area contributed by atoms with Gasteiger partial charge in [-0.2, -0.15) is 0 Å². The fourth-order valence-corrected chi connectivity index (χ4v) is 6.73. The number of methoxy groups -OCH3 is 1. The Morgan fingerprint density at radius 3 is 2.77 bits per heavy atom. The Morgan fingerprint density at radius 1 is 1.17 bits per heavy atom. The van der Waals surface area contributed by atoms with Crippen LogP contribution in [-0.2, 0) is 22.5 Å². The number of carbonyl (C=O) groups excluding carboxylic acids is 2. The highest BCUT2D eigenvalue weighted by Gasteiger charge is 2.30. The molecule has 2 aromatic heterocycles. The number of amides is 2. The number of carbonyl (C=O) groups is 2. The standard InChI is InChI=1S/C24H19Cl2N3O4S2/c1-32-24(31)29-9-8-14-19(11-29)35-23(21(14)22-27-16-4-2-3-5-18(16)34-22)28-20(30)12-33-17-7-6-13(25)10-15(17)26/h2-7,10H,8-9,11-12H2,1H3,(H,28,30). The summed E-state index contributed by atoms with van der Waals surface area (Å²) in [6.45, 7) is 0.717. The summed E-state index contributed by atoms with van der Waals surface area (Å²) in [5, 5.41) is 5.30. The first-order valence-corrected chi connectivity index (χ1v) is 13.0. The van der Waals surface area contributed by atoms with E-state index < -0.39 is 0 Å². The molecule has 0 fully saturated rings. The first kappa shape index (κ1) is 23.9. The molecular weight excluding hydrogens is 529 g/mol. The molecule has 0 bridgehead atoms. The average molecular weight is 548 g/mol. The van der Waals surface area contributed by atoms with Gasteiger partial charge < -0.3 is 19.7 Å². The molecule has 0 saturated heterocycles. The molecule has 0 radical (unpaired) electrons. The van der Waals surface area contributed by atoms with E-state index in [2.05, 4.69) is 5.32 Å². The van der Waals surface area contributed by atoms with Gasteiger partial charge in [0.15, 0.2) is 6.61 Å². The maximum Gasteiger partial charge on any atom is 0.409 e. The summed E-state index contributed by atoms with van der Waals surface area (Å²) < 4.78 is 11.6. The number of thiophene rings is 1. The van der Waals surface area contributed by atoms with Crippen molar-refractivity contribution in [2.24, 2.45) is 0 Å². The van der Waals surface area contributed by atoms with E-state index >= 15 is 0 Å². The van der Waals surface area contributed by atoms with E-state index in [1.165, 1.54) is 18.4 Å². The highest BCUT2D eigenvalue weighted by Crippen LogP contribution is 2.45. The van der Waals surface area contributed by atoms with Crippen LogP contribution in [0.15, 0.2) is 42.5 Å². The molecule has 5 rings (SSSR count). The summed E-state index contributed by atoms with van der Waals surface area (Å²) in [7, 11) is 1.37. The lowest BCUT2D eigenvalue weighted by Gasteiger charge is -2.25.